The topological polar surface area (TPSA) is 84.7 Å². The number of nitrogens with one attached hydrogen (secondary N) is 1. The van der Waals surface area contributed by atoms with E-state index in [1.54, 1.807) is 12.1 Å². The minimum absolute atomic E-state index is 0.0644. The second-order valence-corrected chi connectivity index (χ2v) is 7.71. The Labute approximate surface area is 177 Å². The quantitative estimate of drug-likeness (QED) is 0.503. The molecule has 2 aromatic rings. The van der Waals surface area contributed by atoms with Crippen molar-refractivity contribution in [3.8, 4) is 0 Å². The van der Waals surface area contributed by atoms with Crippen LogP contribution in [-0.2, 0) is 22.7 Å². The highest BCUT2D eigenvalue weighted by Gasteiger charge is 2.29. The number of nitrogens with zero attached hydrogens (tertiary/aromatic N) is 2. The molecule has 1 N–H and O–H groups in total. The molecule has 1 heterocycles. The summed E-state index contributed by atoms with van der Waals surface area (Å²) in [6.07, 6.45) is 3.07. The molecule has 1 fully saturated rings. The Balaban J connectivity index is 1.50. The van der Waals surface area contributed by atoms with Gasteiger partial charge in [0, 0.05) is 25.2 Å². The summed E-state index contributed by atoms with van der Waals surface area (Å²) in [5.74, 6) is 0.0740. The lowest BCUT2D eigenvalue weighted by molar-refractivity contribution is -0.384. The zero-order valence-corrected chi connectivity index (χ0v) is 17.3. The molecular formula is C23H29N3O4. The van der Waals surface area contributed by atoms with Crippen LogP contribution in [0.25, 0.3) is 0 Å². The van der Waals surface area contributed by atoms with Gasteiger partial charge in [-0.15, -0.1) is 0 Å². The number of nitro benzene ring substituents is 1. The molecule has 160 valence electrons. The lowest BCUT2D eigenvalue weighted by Gasteiger charge is -2.37. The normalized spacial score (nSPS) is 17.5. The van der Waals surface area contributed by atoms with Crippen LogP contribution in [0.1, 0.15) is 37.3 Å². The smallest absolute Gasteiger partial charge is 0.269 e. The molecule has 1 unspecified atom stereocenters. The summed E-state index contributed by atoms with van der Waals surface area (Å²) in [5, 5.41) is 14.0. The van der Waals surface area contributed by atoms with Crippen LogP contribution in [-0.4, -0.2) is 41.0 Å². The van der Waals surface area contributed by atoms with Crippen LogP contribution >= 0.6 is 0 Å². The Bertz CT molecular complexity index is 826. The van der Waals surface area contributed by atoms with Crippen LogP contribution < -0.4 is 5.32 Å². The third-order valence-corrected chi connectivity index (χ3v) is 5.46. The van der Waals surface area contributed by atoms with Gasteiger partial charge in [0.25, 0.3) is 5.69 Å². The van der Waals surface area contributed by atoms with Crippen molar-refractivity contribution in [1.29, 1.82) is 0 Å². The predicted octanol–water partition coefficient (Wildman–Crippen LogP) is 3.67. The average Bonchev–Trinajstić information content (AvgIpc) is 2.78. The molecule has 2 aromatic carbocycles. The Morgan fingerprint density at radius 3 is 2.60 bits per heavy atom. The molecule has 1 amide bonds. The van der Waals surface area contributed by atoms with E-state index >= 15 is 0 Å². The largest absolute Gasteiger partial charge is 0.375 e. The first-order chi connectivity index (χ1) is 14.5. The lowest BCUT2D eigenvalue weighted by Crippen LogP contribution is -2.52. The SMILES string of the molecule is C[C@H](NCc1ccc([N+](=O)[O-])cc1)C(=O)N1CCCCC1COCc1ccccc1. The number of non-ortho nitro benzene ring substituents is 1. The first-order valence-corrected chi connectivity index (χ1v) is 10.4. The summed E-state index contributed by atoms with van der Waals surface area (Å²) < 4.78 is 5.91. The summed E-state index contributed by atoms with van der Waals surface area (Å²) in [5.41, 5.74) is 2.10. The van der Waals surface area contributed by atoms with Crippen LogP contribution in [0.15, 0.2) is 54.6 Å². The minimum atomic E-state index is -0.417. The molecule has 0 saturated carbocycles. The van der Waals surface area contributed by atoms with E-state index in [9.17, 15) is 14.9 Å². The molecule has 0 aliphatic carbocycles. The fourth-order valence-corrected chi connectivity index (χ4v) is 3.69. The van der Waals surface area contributed by atoms with E-state index in [2.05, 4.69) is 5.32 Å². The Hall–Kier alpha value is -2.77. The zero-order valence-electron chi connectivity index (χ0n) is 17.3. The van der Waals surface area contributed by atoms with E-state index in [4.69, 9.17) is 4.74 Å². The van der Waals surface area contributed by atoms with Gasteiger partial charge in [-0.05, 0) is 37.3 Å². The summed E-state index contributed by atoms with van der Waals surface area (Å²) in [4.78, 5) is 25.3. The Morgan fingerprint density at radius 1 is 1.17 bits per heavy atom. The van der Waals surface area contributed by atoms with E-state index in [0.29, 0.717) is 19.8 Å². The number of carbonyl (C=O) groups is 1. The van der Waals surface area contributed by atoms with Crippen molar-refractivity contribution in [2.75, 3.05) is 13.2 Å². The molecule has 7 heteroatoms. The number of hydrogen-bond donors (Lipinski definition) is 1. The molecule has 0 spiro atoms. The molecule has 1 aliphatic rings. The van der Waals surface area contributed by atoms with Gasteiger partial charge < -0.3 is 15.0 Å². The maximum absolute atomic E-state index is 13.0. The van der Waals surface area contributed by atoms with Gasteiger partial charge in [0.05, 0.1) is 30.2 Å². The number of piperidine rings is 1. The van der Waals surface area contributed by atoms with Crippen LogP contribution in [0.4, 0.5) is 5.69 Å². The lowest BCUT2D eigenvalue weighted by atomic mass is 10.0. The third kappa shape index (κ3) is 6.11. The van der Waals surface area contributed by atoms with E-state index in [-0.39, 0.29) is 23.7 Å². The van der Waals surface area contributed by atoms with Crippen molar-refractivity contribution >= 4 is 11.6 Å². The number of hydrogen-bond acceptors (Lipinski definition) is 5. The summed E-state index contributed by atoms with van der Waals surface area (Å²) in [7, 11) is 0. The van der Waals surface area contributed by atoms with Crippen LogP contribution in [0.3, 0.4) is 0 Å². The van der Waals surface area contributed by atoms with Crippen LogP contribution in [0.5, 0.6) is 0 Å². The van der Waals surface area contributed by atoms with E-state index in [1.165, 1.54) is 12.1 Å². The molecule has 2 atom stereocenters. The molecule has 30 heavy (non-hydrogen) atoms. The van der Waals surface area contributed by atoms with E-state index in [0.717, 1.165) is 36.9 Å². The number of benzene rings is 2. The van der Waals surface area contributed by atoms with Crippen LogP contribution in [0.2, 0.25) is 0 Å². The monoisotopic (exact) mass is 411 g/mol. The molecule has 0 radical (unpaired) electrons. The number of rotatable bonds is 9. The molecule has 0 bridgehead atoms. The third-order valence-electron chi connectivity index (χ3n) is 5.46. The summed E-state index contributed by atoms with van der Waals surface area (Å²) >= 11 is 0. The van der Waals surface area contributed by atoms with Crippen molar-refractivity contribution in [3.63, 3.8) is 0 Å². The standard InChI is InChI=1S/C23H29N3O4/c1-18(24-15-19-10-12-21(13-11-19)26(28)29)23(27)25-14-6-5-9-22(25)17-30-16-20-7-3-2-4-8-20/h2-4,7-8,10-13,18,22,24H,5-6,9,14-17H2,1H3/t18-,22?/m0/s1. The van der Waals surface area contributed by atoms with Crippen molar-refractivity contribution in [3.05, 3.63) is 75.8 Å². The van der Waals surface area contributed by atoms with Crippen molar-refractivity contribution in [2.45, 2.75) is 51.4 Å². The predicted molar refractivity (Wildman–Crippen MR) is 115 cm³/mol. The first kappa shape index (κ1) is 21.9. The number of likely N-dealkylation sites (tertiary alicyclic amines) is 1. The maximum Gasteiger partial charge on any atom is 0.269 e. The van der Waals surface area contributed by atoms with Crippen LogP contribution in [0, 0.1) is 10.1 Å². The Kier molecular flexibility index (Phi) is 7.93. The van der Waals surface area contributed by atoms with Gasteiger partial charge in [0.2, 0.25) is 5.91 Å². The first-order valence-electron chi connectivity index (χ1n) is 10.4. The minimum Gasteiger partial charge on any atom is -0.375 e. The van der Waals surface area contributed by atoms with E-state index in [1.807, 2.05) is 42.2 Å². The fourth-order valence-electron chi connectivity index (χ4n) is 3.69. The number of nitro groups is 1. The van der Waals surface area contributed by atoms with Crippen molar-refractivity contribution < 1.29 is 14.5 Å². The highest BCUT2D eigenvalue weighted by Crippen LogP contribution is 2.19. The molecular weight excluding hydrogens is 382 g/mol. The highest BCUT2D eigenvalue weighted by atomic mass is 16.6. The second kappa shape index (κ2) is 10.8. The summed E-state index contributed by atoms with van der Waals surface area (Å²) in [6.45, 7) is 4.18. The zero-order chi connectivity index (χ0) is 21.3. The van der Waals surface area contributed by atoms with Gasteiger partial charge in [-0.3, -0.25) is 14.9 Å². The van der Waals surface area contributed by atoms with Gasteiger partial charge in [0.1, 0.15) is 0 Å². The van der Waals surface area contributed by atoms with Crippen molar-refractivity contribution in [2.24, 2.45) is 0 Å². The maximum atomic E-state index is 13.0. The number of amides is 1. The Morgan fingerprint density at radius 2 is 1.90 bits per heavy atom. The number of ether oxygens (including phenoxy) is 1. The molecule has 7 nitrogen and oxygen atoms in total. The molecule has 3 rings (SSSR count). The molecule has 1 aliphatic heterocycles. The van der Waals surface area contributed by atoms with Gasteiger partial charge in [0.15, 0.2) is 0 Å². The van der Waals surface area contributed by atoms with Gasteiger partial charge >= 0.3 is 0 Å². The highest BCUT2D eigenvalue weighted by molar-refractivity contribution is 5.81. The van der Waals surface area contributed by atoms with E-state index < -0.39 is 4.92 Å². The van der Waals surface area contributed by atoms with Gasteiger partial charge in [-0.1, -0.05) is 42.5 Å². The van der Waals surface area contributed by atoms with Gasteiger partial charge in [-0.25, -0.2) is 0 Å². The van der Waals surface area contributed by atoms with Gasteiger partial charge in [-0.2, -0.15) is 0 Å². The summed E-state index contributed by atoms with van der Waals surface area (Å²) in [6, 6.07) is 16.2. The average molecular weight is 412 g/mol. The fraction of sp³-hybridized carbons (Fsp3) is 0.435. The van der Waals surface area contributed by atoms with Crippen molar-refractivity contribution in [1.82, 2.24) is 10.2 Å². The number of carbonyl (C=O) groups excluding carboxylic acids is 1. The molecule has 1 saturated heterocycles. The molecule has 0 aromatic heterocycles. The second-order valence-electron chi connectivity index (χ2n) is 7.71.